The van der Waals surface area contributed by atoms with Crippen molar-refractivity contribution in [3.8, 4) is 0 Å². The highest BCUT2D eigenvalue weighted by Crippen LogP contribution is 2.31. The van der Waals surface area contributed by atoms with Crippen molar-refractivity contribution in [1.82, 2.24) is 9.88 Å². The number of furan rings is 1. The molecule has 1 saturated heterocycles. The van der Waals surface area contributed by atoms with Gasteiger partial charge in [-0.15, -0.1) is 0 Å². The summed E-state index contributed by atoms with van der Waals surface area (Å²) in [6.07, 6.45) is 4.23. The Morgan fingerprint density at radius 1 is 1.29 bits per heavy atom. The van der Waals surface area contributed by atoms with Gasteiger partial charge < -0.3 is 9.32 Å². The molecule has 0 aromatic carbocycles. The summed E-state index contributed by atoms with van der Waals surface area (Å²) < 4.78 is 5.92. The minimum Gasteiger partial charge on any atom is -0.459 e. The molecule has 0 amide bonds. The van der Waals surface area contributed by atoms with Gasteiger partial charge in [0, 0.05) is 17.0 Å². The first-order chi connectivity index (χ1) is 8.22. The van der Waals surface area contributed by atoms with Crippen molar-refractivity contribution < 1.29 is 4.42 Å². The number of likely N-dealkylation sites (tertiary alicyclic amines) is 1. The third-order valence-corrected chi connectivity index (χ3v) is 3.68. The van der Waals surface area contributed by atoms with Crippen LogP contribution in [0, 0.1) is 6.92 Å². The number of hydrogen-bond acceptors (Lipinski definition) is 3. The van der Waals surface area contributed by atoms with Crippen LogP contribution in [-0.4, -0.2) is 30.0 Å². The van der Waals surface area contributed by atoms with Crippen LogP contribution in [0.5, 0.6) is 0 Å². The Morgan fingerprint density at radius 2 is 2.06 bits per heavy atom. The second-order valence-corrected chi connectivity index (χ2v) is 5.09. The molecular weight excluding hydrogens is 212 g/mol. The van der Waals surface area contributed by atoms with E-state index >= 15 is 0 Å². The maximum atomic E-state index is 5.92. The van der Waals surface area contributed by atoms with Gasteiger partial charge in [0.25, 0.3) is 0 Å². The van der Waals surface area contributed by atoms with Gasteiger partial charge in [-0.2, -0.15) is 0 Å². The molecule has 1 aliphatic rings. The van der Waals surface area contributed by atoms with Crippen LogP contribution in [0.4, 0.5) is 0 Å². The fourth-order valence-corrected chi connectivity index (χ4v) is 2.57. The number of rotatable bonds is 1. The highest BCUT2D eigenvalue weighted by atomic mass is 16.3. The SMILES string of the molecule is Cc1cc2cc(C3CCN(C)CC3)oc2cn1. The molecule has 1 aliphatic heterocycles. The van der Waals surface area contributed by atoms with Gasteiger partial charge in [0.05, 0.1) is 6.20 Å². The van der Waals surface area contributed by atoms with Crippen molar-refractivity contribution in [3.05, 3.63) is 29.8 Å². The van der Waals surface area contributed by atoms with E-state index in [0.717, 1.165) is 17.0 Å². The minimum atomic E-state index is 0.582. The third kappa shape index (κ3) is 2.07. The lowest BCUT2D eigenvalue weighted by atomic mass is 9.94. The molecule has 3 heteroatoms. The predicted molar refractivity (Wildman–Crippen MR) is 68.2 cm³/mol. The molecule has 0 saturated carbocycles. The molecular formula is C14H18N2O. The predicted octanol–water partition coefficient (Wildman–Crippen LogP) is 2.95. The molecule has 17 heavy (non-hydrogen) atoms. The molecule has 2 aromatic rings. The van der Waals surface area contributed by atoms with Gasteiger partial charge >= 0.3 is 0 Å². The average molecular weight is 230 g/mol. The van der Waals surface area contributed by atoms with Gasteiger partial charge in [0.15, 0.2) is 5.58 Å². The van der Waals surface area contributed by atoms with E-state index in [-0.39, 0.29) is 0 Å². The summed E-state index contributed by atoms with van der Waals surface area (Å²) >= 11 is 0. The van der Waals surface area contributed by atoms with Crippen LogP contribution in [0.2, 0.25) is 0 Å². The Labute approximate surface area is 101 Å². The first kappa shape index (κ1) is 10.8. The highest BCUT2D eigenvalue weighted by molar-refractivity contribution is 5.77. The fourth-order valence-electron chi connectivity index (χ4n) is 2.57. The van der Waals surface area contributed by atoms with Gasteiger partial charge in [-0.25, -0.2) is 0 Å². The van der Waals surface area contributed by atoms with E-state index in [4.69, 9.17) is 4.42 Å². The van der Waals surface area contributed by atoms with Crippen molar-refractivity contribution >= 4 is 11.0 Å². The Bertz CT molecular complexity index is 524. The molecule has 3 nitrogen and oxygen atoms in total. The van der Waals surface area contributed by atoms with Gasteiger partial charge in [-0.05, 0) is 52.0 Å². The van der Waals surface area contributed by atoms with Crippen molar-refractivity contribution in [2.45, 2.75) is 25.7 Å². The topological polar surface area (TPSA) is 29.3 Å². The molecule has 2 aromatic heterocycles. The fraction of sp³-hybridized carbons (Fsp3) is 0.500. The quantitative estimate of drug-likeness (QED) is 0.754. The lowest BCUT2D eigenvalue weighted by Crippen LogP contribution is -2.29. The Balaban J connectivity index is 1.90. The number of aryl methyl sites for hydroxylation is 1. The number of aromatic nitrogens is 1. The Morgan fingerprint density at radius 3 is 2.82 bits per heavy atom. The summed E-state index contributed by atoms with van der Waals surface area (Å²) in [5.74, 6) is 1.72. The molecule has 0 N–H and O–H groups in total. The molecule has 0 bridgehead atoms. The number of pyridine rings is 1. The van der Waals surface area contributed by atoms with Gasteiger partial charge in [0.2, 0.25) is 0 Å². The molecule has 3 heterocycles. The van der Waals surface area contributed by atoms with E-state index in [0.29, 0.717) is 5.92 Å². The van der Waals surface area contributed by atoms with Crippen LogP contribution in [0.25, 0.3) is 11.0 Å². The Kier molecular flexibility index (Phi) is 2.63. The summed E-state index contributed by atoms with van der Waals surface area (Å²) in [5.41, 5.74) is 1.97. The first-order valence-electron chi connectivity index (χ1n) is 6.27. The zero-order chi connectivity index (χ0) is 11.8. The normalized spacial score (nSPS) is 18.9. The monoisotopic (exact) mass is 230 g/mol. The van der Waals surface area contributed by atoms with E-state index < -0.39 is 0 Å². The summed E-state index contributed by atoms with van der Waals surface area (Å²) in [4.78, 5) is 6.66. The zero-order valence-corrected chi connectivity index (χ0v) is 10.4. The maximum absolute atomic E-state index is 5.92. The van der Waals surface area contributed by atoms with Crippen LogP contribution < -0.4 is 0 Å². The summed E-state index contributed by atoms with van der Waals surface area (Å²) in [7, 11) is 2.18. The van der Waals surface area contributed by atoms with Crippen molar-refractivity contribution in [1.29, 1.82) is 0 Å². The van der Waals surface area contributed by atoms with Crippen LogP contribution in [0.3, 0.4) is 0 Å². The van der Waals surface area contributed by atoms with Crippen molar-refractivity contribution in [3.63, 3.8) is 0 Å². The van der Waals surface area contributed by atoms with Gasteiger partial charge in [-0.3, -0.25) is 4.98 Å². The molecule has 0 radical (unpaired) electrons. The van der Waals surface area contributed by atoms with Gasteiger partial charge in [-0.1, -0.05) is 0 Å². The highest BCUT2D eigenvalue weighted by Gasteiger charge is 2.21. The van der Waals surface area contributed by atoms with Crippen LogP contribution in [-0.2, 0) is 0 Å². The lowest BCUT2D eigenvalue weighted by molar-refractivity contribution is 0.242. The molecule has 90 valence electrons. The molecule has 0 aliphatic carbocycles. The number of piperidine rings is 1. The summed E-state index contributed by atoms with van der Waals surface area (Å²) in [6, 6.07) is 4.29. The lowest BCUT2D eigenvalue weighted by Gasteiger charge is -2.27. The standard InChI is InChI=1S/C14H18N2O/c1-10-7-12-8-13(17-14(12)9-15-10)11-3-5-16(2)6-4-11/h7-9,11H,3-6H2,1-2H3. The summed E-state index contributed by atoms with van der Waals surface area (Å²) in [5, 5.41) is 1.19. The second-order valence-electron chi connectivity index (χ2n) is 5.09. The average Bonchev–Trinajstić information content (AvgIpc) is 2.72. The van der Waals surface area contributed by atoms with E-state index in [1.54, 1.807) is 0 Å². The van der Waals surface area contributed by atoms with Crippen molar-refractivity contribution in [2.75, 3.05) is 20.1 Å². The maximum Gasteiger partial charge on any atom is 0.152 e. The van der Waals surface area contributed by atoms with E-state index in [2.05, 4.69) is 29.1 Å². The number of nitrogens with zero attached hydrogens (tertiary/aromatic N) is 2. The van der Waals surface area contributed by atoms with Crippen molar-refractivity contribution in [2.24, 2.45) is 0 Å². The molecule has 3 rings (SSSR count). The second kappa shape index (κ2) is 4.15. The zero-order valence-electron chi connectivity index (χ0n) is 10.4. The number of hydrogen-bond donors (Lipinski definition) is 0. The van der Waals surface area contributed by atoms with Gasteiger partial charge in [0.1, 0.15) is 5.76 Å². The minimum absolute atomic E-state index is 0.582. The smallest absolute Gasteiger partial charge is 0.152 e. The Hall–Kier alpha value is -1.35. The van der Waals surface area contributed by atoms with E-state index in [1.165, 1.54) is 31.3 Å². The number of fused-ring (bicyclic) bond motifs is 1. The van der Waals surface area contributed by atoms with E-state index in [9.17, 15) is 0 Å². The third-order valence-electron chi connectivity index (χ3n) is 3.68. The molecule has 0 unspecified atom stereocenters. The van der Waals surface area contributed by atoms with Crippen LogP contribution >= 0.6 is 0 Å². The first-order valence-corrected chi connectivity index (χ1v) is 6.27. The molecule has 0 atom stereocenters. The van der Waals surface area contributed by atoms with Crippen LogP contribution in [0.1, 0.15) is 30.2 Å². The van der Waals surface area contributed by atoms with Crippen LogP contribution in [0.15, 0.2) is 22.7 Å². The largest absolute Gasteiger partial charge is 0.459 e. The van der Waals surface area contributed by atoms with E-state index in [1.807, 2.05) is 13.1 Å². The molecule has 1 fully saturated rings. The summed E-state index contributed by atoms with van der Waals surface area (Å²) in [6.45, 7) is 4.35. The molecule has 0 spiro atoms.